The second-order valence-electron chi connectivity index (χ2n) is 4.09. The molecule has 0 unspecified atom stereocenters. The van der Waals surface area contributed by atoms with Crippen LogP contribution in [0.4, 0.5) is 0 Å². The third kappa shape index (κ3) is 3.39. The van der Waals surface area contributed by atoms with E-state index < -0.39 is 0 Å². The summed E-state index contributed by atoms with van der Waals surface area (Å²) < 4.78 is 4.80. The van der Waals surface area contributed by atoms with Crippen molar-refractivity contribution in [3.63, 3.8) is 0 Å². The standard InChI is InChI=1S/C13H15NO3/c15-11(8-10-4-2-1-3-5-10)9-14-12-6-7-17-13(12)16/h1-5,12,14H,6-9H2/t12-/m0/s1. The number of carbonyl (C=O) groups is 2. The summed E-state index contributed by atoms with van der Waals surface area (Å²) in [6.07, 6.45) is 1.05. The van der Waals surface area contributed by atoms with Crippen molar-refractivity contribution < 1.29 is 14.3 Å². The average Bonchev–Trinajstić information content (AvgIpc) is 2.74. The van der Waals surface area contributed by atoms with Crippen LogP contribution in [0, 0.1) is 0 Å². The quantitative estimate of drug-likeness (QED) is 0.761. The Balaban J connectivity index is 1.76. The molecule has 1 aliphatic heterocycles. The normalized spacial score (nSPS) is 19.1. The second kappa shape index (κ2) is 5.59. The van der Waals surface area contributed by atoms with Crippen molar-refractivity contribution in [1.82, 2.24) is 5.32 Å². The number of esters is 1. The molecule has 4 nitrogen and oxygen atoms in total. The van der Waals surface area contributed by atoms with Crippen LogP contribution in [0.5, 0.6) is 0 Å². The molecule has 0 bridgehead atoms. The lowest BCUT2D eigenvalue weighted by Crippen LogP contribution is -2.37. The maximum absolute atomic E-state index is 11.7. The summed E-state index contributed by atoms with van der Waals surface area (Å²) in [6, 6.07) is 9.26. The lowest BCUT2D eigenvalue weighted by atomic mass is 10.1. The van der Waals surface area contributed by atoms with Gasteiger partial charge in [0.1, 0.15) is 6.04 Å². The van der Waals surface area contributed by atoms with Crippen molar-refractivity contribution in [2.75, 3.05) is 13.2 Å². The molecule has 0 aliphatic carbocycles. The molecule has 1 N–H and O–H groups in total. The molecule has 0 saturated carbocycles. The van der Waals surface area contributed by atoms with Gasteiger partial charge in [-0.1, -0.05) is 30.3 Å². The highest BCUT2D eigenvalue weighted by Gasteiger charge is 2.26. The van der Waals surface area contributed by atoms with Crippen molar-refractivity contribution in [3.05, 3.63) is 35.9 Å². The Hall–Kier alpha value is -1.68. The van der Waals surface area contributed by atoms with Gasteiger partial charge in [0.25, 0.3) is 0 Å². The number of carbonyl (C=O) groups excluding carboxylic acids is 2. The zero-order chi connectivity index (χ0) is 12.1. The first-order chi connectivity index (χ1) is 8.25. The number of Topliss-reactive ketones (excluding diaryl/α,β-unsaturated/α-hetero) is 1. The van der Waals surface area contributed by atoms with Crippen molar-refractivity contribution in [2.24, 2.45) is 0 Å². The van der Waals surface area contributed by atoms with Crippen molar-refractivity contribution in [2.45, 2.75) is 18.9 Å². The maximum atomic E-state index is 11.7. The molecule has 1 aromatic carbocycles. The minimum atomic E-state index is -0.310. The van der Waals surface area contributed by atoms with Crippen LogP contribution in [-0.4, -0.2) is 30.9 Å². The van der Waals surface area contributed by atoms with Gasteiger partial charge in [0.05, 0.1) is 13.2 Å². The van der Waals surface area contributed by atoms with Crippen LogP contribution < -0.4 is 5.32 Å². The number of rotatable bonds is 5. The van der Waals surface area contributed by atoms with E-state index in [4.69, 9.17) is 4.74 Å². The number of hydrogen-bond acceptors (Lipinski definition) is 4. The number of cyclic esters (lactones) is 1. The van der Waals surface area contributed by atoms with Crippen LogP contribution in [0.25, 0.3) is 0 Å². The van der Waals surface area contributed by atoms with E-state index in [1.807, 2.05) is 30.3 Å². The summed E-state index contributed by atoms with van der Waals surface area (Å²) in [5.41, 5.74) is 0.994. The highest BCUT2D eigenvalue weighted by Crippen LogP contribution is 2.05. The summed E-state index contributed by atoms with van der Waals surface area (Å²) in [6.45, 7) is 0.665. The van der Waals surface area contributed by atoms with Crippen LogP contribution in [0.15, 0.2) is 30.3 Å². The number of nitrogens with one attached hydrogen (secondary N) is 1. The minimum Gasteiger partial charge on any atom is -0.464 e. The van der Waals surface area contributed by atoms with E-state index in [0.29, 0.717) is 19.4 Å². The molecular weight excluding hydrogens is 218 g/mol. The van der Waals surface area contributed by atoms with Crippen LogP contribution in [0.3, 0.4) is 0 Å². The molecule has 0 spiro atoms. The molecule has 17 heavy (non-hydrogen) atoms. The van der Waals surface area contributed by atoms with Crippen LogP contribution in [0.2, 0.25) is 0 Å². The molecule has 90 valence electrons. The molecule has 4 heteroatoms. The summed E-state index contributed by atoms with van der Waals surface area (Å²) in [4.78, 5) is 22.8. The van der Waals surface area contributed by atoms with Crippen molar-refractivity contribution in [1.29, 1.82) is 0 Å². The van der Waals surface area contributed by atoms with Gasteiger partial charge in [-0.05, 0) is 5.56 Å². The van der Waals surface area contributed by atoms with Crippen LogP contribution in [-0.2, 0) is 20.7 Å². The molecule has 0 radical (unpaired) electrons. The van der Waals surface area contributed by atoms with Crippen molar-refractivity contribution >= 4 is 11.8 Å². The Morgan fingerprint density at radius 2 is 2.12 bits per heavy atom. The summed E-state index contributed by atoms with van der Waals surface area (Å²) in [5.74, 6) is -0.173. The van der Waals surface area contributed by atoms with Gasteiger partial charge in [0.2, 0.25) is 0 Å². The van der Waals surface area contributed by atoms with Crippen LogP contribution >= 0.6 is 0 Å². The monoisotopic (exact) mass is 233 g/mol. The Morgan fingerprint density at radius 1 is 1.35 bits per heavy atom. The van der Waals surface area contributed by atoms with E-state index in [-0.39, 0.29) is 24.3 Å². The highest BCUT2D eigenvalue weighted by atomic mass is 16.5. The molecule has 1 atom stereocenters. The molecule has 1 aliphatic rings. The number of ketones is 1. The zero-order valence-corrected chi connectivity index (χ0v) is 9.52. The number of ether oxygens (including phenoxy) is 1. The zero-order valence-electron chi connectivity index (χ0n) is 9.52. The molecule has 1 saturated heterocycles. The Labute approximate surface area is 100.0 Å². The van der Waals surface area contributed by atoms with Gasteiger partial charge < -0.3 is 4.74 Å². The summed E-state index contributed by atoms with van der Waals surface area (Å²) >= 11 is 0. The minimum absolute atomic E-state index is 0.0795. The molecule has 1 fully saturated rings. The maximum Gasteiger partial charge on any atom is 0.323 e. The first kappa shape index (κ1) is 11.8. The lowest BCUT2D eigenvalue weighted by molar-refractivity contribution is -0.139. The van der Waals surface area contributed by atoms with E-state index in [1.54, 1.807) is 0 Å². The first-order valence-corrected chi connectivity index (χ1v) is 5.71. The first-order valence-electron chi connectivity index (χ1n) is 5.71. The molecular formula is C13H15NO3. The molecule has 0 aromatic heterocycles. The van der Waals surface area contributed by atoms with Gasteiger partial charge in [-0.2, -0.15) is 0 Å². The second-order valence-corrected chi connectivity index (χ2v) is 4.09. The summed E-state index contributed by atoms with van der Waals surface area (Å²) in [5, 5.41) is 2.93. The lowest BCUT2D eigenvalue weighted by Gasteiger charge is -2.07. The smallest absolute Gasteiger partial charge is 0.323 e. The average molecular weight is 233 g/mol. The molecule has 1 aromatic rings. The predicted molar refractivity (Wildman–Crippen MR) is 62.5 cm³/mol. The third-order valence-corrected chi connectivity index (χ3v) is 2.73. The Kier molecular flexibility index (Phi) is 3.88. The number of benzene rings is 1. The van der Waals surface area contributed by atoms with Gasteiger partial charge in [-0.25, -0.2) is 0 Å². The van der Waals surface area contributed by atoms with Gasteiger partial charge >= 0.3 is 5.97 Å². The van der Waals surface area contributed by atoms with Gasteiger partial charge in [0, 0.05) is 12.8 Å². The van der Waals surface area contributed by atoms with Crippen LogP contribution in [0.1, 0.15) is 12.0 Å². The van der Waals surface area contributed by atoms with Gasteiger partial charge in [-0.3, -0.25) is 14.9 Å². The Morgan fingerprint density at radius 3 is 2.76 bits per heavy atom. The fourth-order valence-corrected chi connectivity index (χ4v) is 1.80. The summed E-state index contributed by atoms with van der Waals surface area (Å²) in [7, 11) is 0. The van der Waals surface area contributed by atoms with Crippen molar-refractivity contribution in [3.8, 4) is 0 Å². The fourth-order valence-electron chi connectivity index (χ4n) is 1.80. The van der Waals surface area contributed by atoms with Gasteiger partial charge in [-0.15, -0.1) is 0 Å². The van der Waals surface area contributed by atoms with E-state index in [1.165, 1.54) is 0 Å². The van der Waals surface area contributed by atoms with Gasteiger partial charge in [0.15, 0.2) is 5.78 Å². The predicted octanol–water partition coefficient (Wildman–Crippen LogP) is 0.703. The Bertz CT molecular complexity index is 402. The molecule has 0 amide bonds. The van der Waals surface area contributed by atoms with E-state index in [0.717, 1.165) is 5.56 Å². The highest BCUT2D eigenvalue weighted by molar-refractivity contribution is 5.84. The number of hydrogen-bond donors (Lipinski definition) is 1. The SMILES string of the molecule is O=C(CN[C@H]1CCOC1=O)Cc1ccccc1. The van der Waals surface area contributed by atoms with E-state index >= 15 is 0 Å². The van der Waals surface area contributed by atoms with E-state index in [9.17, 15) is 9.59 Å². The van der Waals surface area contributed by atoms with E-state index in [2.05, 4.69) is 5.32 Å². The third-order valence-electron chi connectivity index (χ3n) is 2.73. The molecule has 2 rings (SSSR count). The largest absolute Gasteiger partial charge is 0.464 e. The fraction of sp³-hybridized carbons (Fsp3) is 0.385. The topological polar surface area (TPSA) is 55.4 Å². The molecule has 1 heterocycles.